The molecule has 0 bridgehead atoms. The van der Waals surface area contributed by atoms with Crippen molar-refractivity contribution >= 4 is 29.6 Å². The fourth-order valence-electron chi connectivity index (χ4n) is 3.32. The molecule has 1 saturated carbocycles. The van der Waals surface area contributed by atoms with Crippen LogP contribution in [0.5, 0.6) is 0 Å². The summed E-state index contributed by atoms with van der Waals surface area (Å²) < 4.78 is 4.90. The number of amides is 4. The molecule has 2 rings (SSSR count). The molecule has 0 spiro atoms. The molecule has 9 nitrogen and oxygen atoms in total. The van der Waals surface area contributed by atoms with Crippen LogP contribution in [0.3, 0.4) is 0 Å². The highest BCUT2D eigenvalue weighted by Crippen LogP contribution is 2.38. The molecule has 0 aromatic rings. The number of hydrogen-bond acceptors (Lipinski definition) is 6. The SMILES string of the molecule is C[C@@H](C(=O)OCC(=O)NCC(=O)N(C)C)N1C(=O)[C@H]2CCCC[C@H]2C1=O. The minimum atomic E-state index is -1.07. The van der Waals surface area contributed by atoms with Crippen molar-refractivity contribution in [2.75, 3.05) is 27.2 Å². The number of likely N-dealkylation sites (tertiary alicyclic amines) is 1. The molecule has 0 unspecified atom stereocenters. The number of likely N-dealkylation sites (N-methyl/N-ethyl adjacent to an activating group) is 1. The normalized spacial score (nSPS) is 23.3. The van der Waals surface area contributed by atoms with Crippen molar-refractivity contribution in [2.24, 2.45) is 11.8 Å². The second-order valence-corrected chi connectivity index (χ2v) is 6.89. The van der Waals surface area contributed by atoms with E-state index in [9.17, 15) is 24.0 Å². The van der Waals surface area contributed by atoms with Gasteiger partial charge in [-0.15, -0.1) is 0 Å². The van der Waals surface area contributed by atoms with Gasteiger partial charge in [0, 0.05) is 14.1 Å². The summed E-state index contributed by atoms with van der Waals surface area (Å²) in [5, 5.41) is 2.33. The highest BCUT2D eigenvalue weighted by Gasteiger charge is 2.51. The van der Waals surface area contributed by atoms with Gasteiger partial charge in [0.1, 0.15) is 6.04 Å². The average molecular weight is 367 g/mol. The molecule has 26 heavy (non-hydrogen) atoms. The molecule has 1 aliphatic carbocycles. The molecule has 2 aliphatic rings. The minimum absolute atomic E-state index is 0.203. The van der Waals surface area contributed by atoms with Gasteiger partial charge in [-0.2, -0.15) is 0 Å². The van der Waals surface area contributed by atoms with E-state index >= 15 is 0 Å². The van der Waals surface area contributed by atoms with Crippen LogP contribution in [0.1, 0.15) is 32.6 Å². The van der Waals surface area contributed by atoms with E-state index in [-0.39, 0.29) is 36.1 Å². The van der Waals surface area contributed by atoms with Crippen LogP contribution < -0.4 is 5.32 Å². The van der Waals surface area contributed by atoms with Gasteiger partial charge < -0.3 is 15.0 Å². The fraction of sp³-hybridized carbons (Fsp3) is 0.706. The highest BCUT2D eigenvalue weighted by molar-refractivity contribution is 6.07. The maximum Gasteiger partial charge on any atom is 0.329 e. The van der Waals surface area contributed by atoms with Crippen LogP contribution in [0.15, 0.2) is 0 Å². The Balaban J connectivity index is 1.85. The topological polar surface area (TPSA) is 113 Å². The molecule has 1 N–H and O–H groups in total. The van der Waals surface area contributed by atoms with E-state index in [2.05, 4.69) is 5.32 Å². The second-order valence-electron chi connectivity index (χ2n) is 6.89. The quantitative estimate of drug-likeness (QED) is 0.490. The number of nitrogens with one attached hydrogen (secondary N) is 1. The Morgan fingerprint density at radius 2 is 1.69 bits per heavy atom. The number of rotatable bonds is 6. The lowest BCUT2D eigenvalue weighted by molar-refractivity contribution is -0.159. The van der Waals surface area contributed by atoms with Gasteiger partial charge in [0.2, 0.25) is 17.7 Å². The Morgan fingerprint density at radius 1 is 1.15 bits per heavy atom. The van der Waals surface area contributed by atoms with Gasteiger partial charge in [-0.3, -0.25) is 24.1 Å². The number of fused-ring (bicyclic) bond motifs is 1. The molecule has 1 saturated heterocycles. The van der Waals surface area contributed by atoms with Gasteiger partial charge in [-0.05, 0) is 19.8 Å². The van der Waals surface area contributed by atoms with Crippen LogP contribution in [0.25, 0.3) is 0 Å². The molecule has 4 amide bonds. The van der Waals surface area contributed by atoms with Crippen molar-refractivity contribution in [3.8, 4) is 0 Å². The van der Waals surface area contributed by atoms with Gasteiger partial charge in [0.25, 0.3) is 5.91 Å². The maximum absolute atomic E-state index is 12.5. The van der Waals surface area contributed by atoms with Crippen LogP contribution >= 0.6 is 0 Å². The van der Waals surface area contributed by atoms with E-state index in [4.69, 9.17) is 4.74 Å². The van der Waals surface area contributed by atoms with Crippen molar-refractivity contribution in [2.45, 2.75) is 38.6 Å². The zero-order chi connectivity index (χ0) is 19.4. The van der Waals surface area contributed by atoms with Gasteiger partial charge in [0.15, 0.2) is 6.61 Å². The average Bonchev–Trinajstić information content (AvgIpc) is 2.88. The molecule has 0 aromatic carbocycles. The molecule has 3 atom stereocenters. The first-order valence-electron chi connectivity index (χ1n) is 8.74. The third kappa shape index (κ3) is 4.20. The largest absolute Gasteiger partial charge is 0.454 e. The zero-order valence-electron chi connectivity index (χ0n) is 15.3. The van der Waals surface area contributed by atoms with Crippen molar-refractivity contribution in [3.05, 3.63) is 0 Å². The molecular weight excluding hydrogens is 342 g/mol. The zero-order valence-corrected chi connectivity index (χ0v) is 15.3. The summed E-state index contributed by atoms with van der Waals surface area (Å²) in [5.74, 6) is -3.09. The van der Waals surface area contributed by atoms with Crippen LogP contribution in [0, 0.1) is 11.8 Å². The predicted octanol–water partition coefficient (Wildman–Crippen LogP) is -0.702. The molecule has 1 heterocycles. The Bertz CT molecular complexity index is 594. The van der Waals surface area contributed by atoms with E-state index in [0.717, 1.165) is 17.7 Å². The maximum atomic E-state index is 12.5. The molecular formula is C17H25N3O6. The lowest BCUT2D eigenvalue weighted by Crippen LogP contribution is -2.45. The lowest BCUT2D eigenvalue weighted by Gasteiger charge is -2.21. The summed E-state index contributed by atoms with van der Waals surface area (Å²) in [7, 11) is 3.11. The van der Waals surface area contributed by atoms with Crippen LogP contribution in [0.4, 0.5) is 0 Å². The van der Waals surface area contributed by atoms with Crippen molar-refractivity contribution in [3.63, 3.8) is 0 Å². The first-order chi connectivity index (χ1) is 12.2. The summed E-state index contributed by atoms with van der Waals surface area (Å²) in [4.78, 5) is 62.4. The Morgan fingerprint density at radius 3 is 2.19 bits per heavy atom. The Kier molecular flexibility index (Phi) is 6.33. The van der Waals surface area contributed by atoms with Crippen molar-refractivity contribution < 1.29 is 28.7 Å². The van der Waals surface area contributed by atoms with Gasteiger partial charge in [-0.1, -0.05) is 12.8 Å². The van der Waals surface area contributed by atoms with Gasteiger partial charge in [0.05, 0.1) is 18.4 Å². The third-order valence-electron chi connectivity index (χ3n) is 4.88. The summed E-state index contributed by atoms with van der Waals surface area (Å²) in [6.45, 7) is 0.640. The van der Waals surface area contributed by atoms with E-state index in [1.807, 2.05) is 0 Å². The van der Waals surface area contributed by atoms with E-state index in [1.165, 1.54) is 11.8 Å². The molecule has 1 aliphatic heterocycles. The summed E-state index contributed by atoms with van der Waals surface area (Å²) in [6, 6.07) is -1.07. The Hall–Kier alpha value is -2.45. The summed E-state index contributed by atoms with van der Waals surface area (Å²) in [6.07, 6.45) is 3.13. The van der Waals surface area contributed by atoms with Crippen molar-refractivity contribution in [1.29, 1.82) is 0 Å². The number of esters is 1. The Labute approximate surface area is 152 Å². The summed E-state index contributed by atoms with van der Waals surface area (Å²) in [5.41, 5.74) is 0. The molecule has 144 valence electrons. The van der Waals surface area contributed by atoms with Gasteiger partial charge >= 0.3 is 5.97 Å². The third-order valence-corrected chi connectivity index (χ3v) is 4.88. The predicted molar refractivity (Wildman–Crippen MR) is 89.4 cm³/mol. The smallest absolute Gasteiger partial charge is 0.329 e. The standard InChI is InChI=1S/C17H25N3O6/c1-10(17(25)26-9-13(21)18-8-14(22)19(2)3)20-15(23)11-6-4-5-7-12(11)16(20)24/h10-12H,4-9H2,1-3H3,(H,18,21)/t10-,11-,12+/m0/s1. The molecule has 0 aromatic heterocycles. The second kappa shape index (κ2) is 8.29. The minimum Gasteiger partial charge on any atom is -0.454 e. The molecule has 0 radical (unpaired) electrons. The lowest BCUT2D eigenvalue weighted by atomic mass is 9.81. The highest BCUT2D eigenvalue weighted by atomic mass is 16.5. The van der Waals surface area contributed by atoms with Crippen LogP contribution in [-0.4, -0.2) is 72.7 Å². The van der Waals surface area contributed by atoms with E-state index < -0.39 is 24.5 Å². The number of imide groups is 1. The number of nitrogens with zero attached hydrogens (tertiary/aromatic N) is 2. The number of carbonyl (C=O) groups is 5. The first-order valence-corrected chi connectivity index (χ1v) is 8.74. The van der Waals surface area contributed by atoms with E-state index in [1.54, 1.807) is 14.1 Å². The number of ether oxygens (including phenoxy) is 1. The first kappa shape index (κ1) is 19.9. The fourth-order valence-corrected chi connectivity index (χ4v) is 3.32. The number of hydrogen-bond donors (Lipinski definition) is 1. The van der Waals surface area contributed by atoms with Crippen LogP contribution in [0.2, 0.25) is 0 Å². The van der Waals surface area contributed by atoms with Crippen molar-refractivity contribution in [1.82, 2.24) is 15.1 Å². The number of carbonyl (C=O) groups excluding carboxylic acids is 5. The van der Waals surface area contributed by atoms with Crippen LogP contribution in [-0.2, 0) is 28.7 Å². The molecule has 9 heteroatoms. The summed E-state index contributed by atoms with van der Waals surface area (Å²) >= 11 is 0. The monoisotopic (exact) mass is 367 g/mol. The molecule has 2 fully saturated rings. The van der Waals surface area contributed by atoms with Gasteiger partial charge in [-0.25, -0.2) is 4.79 Å². The van der Waals surface area contributed by atoms with E-state index in [0.29, 0.717) is 12.8 Å².